The van der Waals surface area contributed by atoms with Crippen LogP contribution in [0, 0.1) is 11.8 Å². The molecule has 1 N–H and O–H groups in total. The molecule has 0 radical (unpaired) electrons. The first-order chi connectivity index (χ1) is 21.9. The van der Waals surface area contributed by atoms with Gasteiger partial charge in [-0.25, -0.2) is 18.2 Å². The van der Waals surface area contributed by atoms with Gasteiger partial charge in [-0.05, 0) is 77.2 Å². The zero-order valence-electron chi connectivity index (χ0n) is 27.9. The fourth-order valence-corrected chi connectivity index (χ4v) is 7.39. The van der Waals surface area contributed by atoms with Gasteiger partial charge < -0.3 is 14.6 Å². The molecule has 0 saturated carbocycles. The van der Waals surface area contributed by atoms with Gasteiger partial charge >= 0.3 is 6.09 Å². The van der Waals surface area contributed by atoms with Crippen molar-refractivity contribution in [1.82, 2.24) is 19.2 Å². The number of aromatic nitrogens is 2. The number of piperidine rings is 1. The van der Waals surface area contributed by atoms with Gasteiger partial charge in [-0.2, -0.15) is 4.31 Å². The maximum atomic E-state index is 13.8. The van der Waals surface area contributed by atoms with Crippen LogP contribution in [-0.2, 0) is 21.2 Å². The van der Waals surface area contributed by atoms with Gasteiger partial charge in [-0.3, -0.25) is 4.79 Å². The van der Waals surface area contributed by atoms with Crippen molar-refractivity contribution in [3.05, 3.63) is 78.2 Å². The number of alkyl carbamates (subject to hydrolysis) is 1. The third kappa shape index (κ3) is 10.00. The zero-order chi connectivity index (χ0) is 33.3. The first kappa shape index (κ1) is 35.4. The second kappa shape index (κ2) is 15.9. The lowest BCUT2D eigenvalue weighted by molar-refractivity contribution is 0.0516. The molecule has 2 heterocycles. The van der Waals surface area contributed by atoms with Crippen molar-refractivity contribution in [3.8, 4) is 11.3 Å². The van der Waals surface area contributed by atoms with Gasteiger partial charge in [0.05, 0.1) is 17.8 Å². The largest absolute Gasteiger partial charge is 0.444 e. The monoisotopic (exact) mass is 650 g/mol. The van der Waals surface area contributed by atoms with E-state index in [1.165, 1.54) is 5.56 Å². The lowest BCUT2D eigenvalue weighted by atomic mass is 9.87. The highest BCUT2D eigenvalue weighted by Crippen LogP contribution is 2.33. The number of ketones is 1. The van der Waals surface area contributed by atoms with E-state index in [2.05, 4.69) is 29.4 Å². The van der Waals surface area contributed by atoms with E-state index in [0.717, 1.165) is 36.9 Å². The molecule has 1 aliphatic heterocycles. The molecule has 1 saturated heterocycles. The summed E-state index contributed by atoms with van der Waals surface area (Å²) >= 11 is 0. The van der Waals surface area contributed by atoms with Crippen molar-refractivity contribution in [1.29, 1.82) is 0 Å². The summed E-state index contributed by atoms with van der Waals surface area (Å²) in [4.78, 5) is 30.8. The molecule has 46 heavy (non-hydrogen) atoms. The number of hydrogen-bond acceptors (Lipinski definition) is 6. The van der Waals surface area contributed by atoms with E-state index in [1.54, 1.807) is 17.6 Å². The Kier molecular flexibility index (Phi) is 12.2. The molecule has 3 atom stereocenters. The number of amides is 1. The molecule has 0 bridgehead atoms. The number of ether oxygens (including phenoxy) is 1. The number of nitrogens with zero attached hydrogens (tertiary/aromatic N) is 3. The molecule has 0 aliphatic carbocycles. The molecule has 3 aromatic rings. The number of nitrogens with one attached hydrogen (secondary N) is 1. The van der Waals surface area contributed by atoms with Crippen LogP contribution in [0.3, 0.4) is 0 Å². The van der Waals surface area contributed by atoms with Crippen molar-refractivity contribution >= 4 is 21.9 Å². The molecule has 4 rings (SSSR count). The van der Waals surface area contributed by atoms with Gasteiger partial charge in [-0.15, -0.1) is 0 Å². The molecule has 9 nitrogen and oxygen atoms in total. The topological polar surface area (TPSA) is 111 Å². The van der Waals surface area contributed by atoms with Gasteiger partial charge in [0.2, 0.25) is 10.0 Å². The maximum Gasteiger partial charge on any atom is 0.407 e. The summed E-state index contributed by atoms with van der Waals surface area (Å²) in [5.74, 6) is 0.449. The Morgan fingerprint density at radius 3 is 2.39 bits per heavy atom. The van der Waals surface area contributed by atoms with E-state index in [-0.39, 0.29) is 29.4 Å². The number of imidazole rings is 1. The molecule has 1 aromatic heterocycles. The maximum absolute atomic E-state index is 13.8. The summed E-state index contributed by atoms with van der Waals surface area (Å²) in [7, 11) is -3.31. The molecule has 2 unspecified atom stereocenters. The minimum absolute atomic E-state index is 0.0233. The summed E-state index contributed by atoms with van der Waals surface area (Å²) in [6.07, 6.45) is 5.53. The van der Waals surface area contributed by atoms with E-state index < -0.39 is 21.7 Å². The first-order valence-corrected chi connectivity index (χ1v) is 18.1. The number of hydrogen-bond donors (Lipinski definition) is 1. The highest BCUT2D eigenvalue weighted by Gasteiger charge is 2.31. The molecular formula is C36H50N4O5S. The molecule has 250 valence electrons. The summed E-state index contributed by atoms with van der Waals surface area (Å²) < 4.78 is 34.4. The number of Topliss-reactive ketones (excluding diaryl/α,β-unsaturated/α-hetero) is 1. The average molecular weight is 651 g/mol. The van der Waals surface area contributed by atoms with Gasteiger partial charge in [-0.1, -0.05) is 67.6 Å². The molecule has 1 amide bonds. The Bertz CT molecular complexity index is 1530. The number of rotatable bonds is 14. The second-order valence-electron chi connectivity index (χ2n) is 13.5. The summed E-state index contributed by atoms with van der Waals surface area (Å²) in [6, 6.07) is 19.9. The van der Waals surface area contributed by atoms with Gasteiger partial charge in [0.25, 0.3) is 0 Å². The third-order valence-corrected chi connectivity index (χ3v) is 10.4. The fourth-order valence-electron chi connectivity index (χ4n) is 6.22. The molecule has 1 fully saturated rings. The number of benzene rings is 2. The van der Waals surface area contributed by atoms with Gasteiger partial charge in [0.15, 0.2) is 5.78 Å². The number of carbonyl (C=O) groups is 2. The molecule has 0 spiro atoms. The Hall–Kier alpha value is -3.50. The van der Waals surface area contributed by atoms with Crippen LogP contribution in [0.1, 0.15) is 88.8 Å². The van der Waals surface area contributed by atoms with Crippen LogP contribution in [0.25, 0.3) is 11.3 Å². The van der Waals surface area contributed by atoms with E-state index >= 15 is 0 Å². The Balaban J connectivity index is 1.46. The van der Waals surface area contributed by atoms with Crippen LogP contribution in [0.4, 0.5) is 4.79 Å². The average Bonchev–Trinajstić information content (AvgIpc) is 3.48. The van der Waals surface area contributed by atoms with Crippen LogP contribution in [-0.4, -0.2) is 65.1 Å². The number of sulfonamides is 1. The van der Waals surface area contributed by atoms with Crippen molar-refractivity contribution < 1.29 is 22.7 Å². The van der Waals surface area contributed by atoms with Crippen LogP contribution >= 0.6 is 0 Å². The fraction of sp³-hybridized carbons (Fsp3) is 0.528. The van der Waals surface area contributed by atoms with Gasteiger partial charge in [0.1, 0.15) is 11.3 Å². The van der Waals surface area contributed by atoms with Crippen LogP contribution in [0.15, 0.2) is 67.0 Å². The SMILES string of the molecule is CCS(=O)(=O)N1CCCC(n2cnc(C(=O)CCC(C)C[C@@H](CNC(=O)OC(C)(C)C)Cc3ccccc3)c2-c2ccccc2)C1. The standard InChI is InChI=1S/C36H50N4O5S/c1-6-46(43,44)39-21-13-18-31(25-39)40-26-38-33(34(40)30-16-11-8-12-17-30)32(41)20-19-27(2)22-29(23-28-14-9-7-10-15-28)24-37-35(42)45-36(3,4)5/h7-12,14-17,26-27,29,31H,6,13,18-25H2,1-5H3,(H,37,42)/t27?,29-,31?/m1/s1. The highest BCUT2D eigenvalue weighted by molar-refractivity contribution is 7.89. The lowest BCUT2D eigenvalue weighted by Gasteiger charge is -2.33. The lowest BCUT2D eigenvalue weighted by Crippen LogP contribution is -2.41. The van der Waals surface area contributed by atoms with E-state index in [9.17, 15) is 18.0 Å². The summed E-state index contributed by atoms with van der Waals surface area (Å²) in [5, 5.41) is 2.95. The Morgan fingerprint density at radius 2 is 1.74 bits per heavy atom. The van der Waals surface area contributed by atoms with Crippen LogP contribution in [0.5, 0.6) is 0 Å². The highest BCUT2D eigenvalue weighted by atomic mass is 32.2. The molecular weight excluding hydrogens is 600 g/mol. The quantitative estimate of drug-likeness (QED) is 0.190. The third-order valence-electron chi connectivity index (χ3n) is 8.52. The Labute approximate surface area is 274 Å². The normalized spacial score (nSPS) is 17.3. The summed E-state index contributed by atoms with van der Waals surface area (Å²) in [6.45, 7) is 10.7. The van der Waals surface area contributed by atoms with Crippen molar-refractivity contribution in [2.75, 3.05) is 25.4 Å². The van der Waals surface area contributed by atoms with Crippen LogP contribution in [0.2, 0.25) is 0 Å². The van der Waals surface area contributed by atoms with Crippen LogP contribution < -0.4 is 5.32 Å². The smallest absolute Gasteiger partial charge is 0.407 e. The van der Waals surface area contributed by atoms with Crippen molar-refractivity contribution in [2.24, 2.45) is 11.8 Å². The molecule has 2 aromatic carbocycles. The number of carbonyl (C=O) groups excluding carboxylic acids is 2. The molecule has 10 heteroatoms. The second-order valence-corrected chi connectivity index (χ2v) is 15.8. The van der Waals surface area contributed by atoms with E-state index in [0.29, 0.717) is 38.2 Å². The van der Waals surface area contributed by atoms with Crippen molar-refractivity contribution in [2.45, 2.75) is 84.8 Å². The first-order valence-electron chi connectivity index (χ1n) is 16.5. The minimum Gasteiger partial charge on any atom is -0.444 e. The van der Waals surface area contributed by atoms with Gasteiger partial charge in [0, 0.05) is 37.7 Å². The van der Waals surface area contributed by atoms with E-state index in [4.69, 9.17) is 4.74 Å². The summed E-state index contributed by atoms with van der Waals surface area (Å²) in [5.41, 5.74) is 2.71. The Morgan fingerprint density at radius 1 is 1.07 bits per heavy atom. The zero-order valence-corrected chi connectivity index (χ0v) is 28.8. The van der Waals surface area contributed by atoms with E-state index in [1.807, 2.05) is 73.9 Å². The molecule has 1 aliphatic rings. The van der Waals surface area contributed by atoms with Crippen molar-refractivity contribution in [3.63, 3.8) is 0 Å². The predicted octanol–water partition coefficient (Wildman–Crippen LogP) is 6.91. The predicted molar refractivity (Wildman–Crippen MR) is 182 cm³/mol. The minimum atomic E-state index is -3.31.